The van der Waals surface area contributed by atoms with Gasteiger partial charge in [-0.25, -0.2) is 0 Å². The van der Waals surface area contributed by atoms with E-state index in [4.69, 9.17) is 27.9 Å². The average molecular weight is 323 g/mol. The lowest BCUT2D eigenvalue weighted by Crippen LogP contribution is -2.01. The fourth-order valence-corrected chi connectivity index (χ4v) is 3.32. The topological polar surface area (TPSA) is 29.5 Å². The molecule has 4 heteroatoms. The maximum Gasteiger partial charge on any atom is 0.122 e. The average Bonchev–Trinajstić information content (AvgIpc) is 2.92. The Balaban J connectivity index is 1.70. The van der Waals surface area contributed by atoms with Crippen LogP contribution in [0.25, 0.3) is 0 Å². The molecule has 0 spiro atoms. The SMILES string of the molecule is OC(CCc1ccc2c(c1)CCO2)c1c(Cl)cccc1Cl. The van der Waals surface area contributed by atoms with Gasteiger partial charge >= 0.3 is 0 Å². The molecule has 110 valence electrons. The van der Waals surface area contributed by atoms with E-state index in [1.165, 1.54) is 11.1 Å². The van der Waals surface area contributed by atoms with Crippen LogP contribution in [0.15, 0.2) is 36.4 Å². The van der Waals surface area contributed by atoms with E-state index >= 15 is 0 Å². The van der Waals surface area contributed by atoms with Crippen molar-refractivity contribution in [2.75, 3.05) is 6.61 Å². The molecule has 21 heavy (non-hydrogen) atoms. The number of aliphatic hydroxyl groups is 1. The van der Waals surface area contributed by atoms with E-state index in [-0.39, 0.29) is 0 Å². The lowest BCUT2D eigenvalue weighted by molar-refractivity contribution is 0.168. The second kappa shape index (κ2) is 6.27. The summed E-state index contributed by atoms with van der Waals surface area (Å²) in [6.45, 7) is 0.761. The predicted molar refractivity (Wildman–Crippen MR) is 85.4 cm³/mol. The third-order valence-corrected chi connectivity index (χ3v) is 4.45. The summed E-state index contributed by atoms with van der Waals surface area (Å²) in [6.07, 6.45) is 1.66. The Morgan fingerprint density at radius 3 is 2.67 bits per heavy atom. The van der Waals surface area contributed by atoms with Crippen LogP contribution >= 0.6 is 23.2 Å². The molecule has 0 saturated carbocycles. The largest absolute Gasteiger partial charge is 0.493 e. The Labute approximate surface area is 134 Å². The quantitative estimate of drug-likeness (QED) is 0.891. The normalized spacial score (nSPS) is 14.6. The summed E-state index contributed by atoms with van der Waals surface area (Å²) in [7, 11) is 0. The summed E-state index contributed by atoms with van der Waals surface area (Å²) in [5.41, 5.74) is 3.06. The van der Waals surface area contributed by atoms with Gasteiger partial charge in [-0.15, -0.1) is 0 Å². The molecule has 2 aromatic carbocycles. The molecular weight excluding hydrogens is 307 g/mol. The van der Waals surface area contributed by atoms with E-state index in [0.717, 1.165) is 25.2 Å². The first-order chi connectivity index (χ1) is 10.1. The van der Waals surface area contributed by atoms with Crippen molar-refractivity contribution in [2.24, 2.45) is 0 Å². The van der Waals surface area contributed by atoms with Gasteiger partial charge < -0.3 is 9.84 Å². The van der Waals surface area contributed by atoms with Crippen LogP contribution in [-0.2, 0) is 12.8 Å². The van der Waals surface area contributed by atoms with Gasteiger partial charge in [0.25, 0.3) is 0 Å². The highest BCUT2D eigenvalue weighted by atomic mass is 35.5. The molecule has 0 fully saturated rings. The van der Waals surface area contributed by atoms with E-state index in [2.05, 4.69) is 6.07 Å². The Morgan fingerprint density at radius 1 is 1.14 bits per heavy atom. The van der Waals surface area contributed by atoms with Gasteiger partial charge in [0.1, 0.15) is 5.75 Å². The number of benzene rings is 2. The molecule has 1 aliphatic rings. The summed E-state index contributed by atoms with van der Waals surface area (Å²) in [4.78, 5) is 0. The monoisotopic (exact) mass is 322 g/mol. The zero-order chi connectivity index (χ0) is 14.8. The van der Waals surface area contributed by atoms with Crippen LogP contribution in [0.2, 0.25) is 10.0 Å². The molecule has 0 aromatic heterocycles. The van der Waals surface area contributed by atoms with Gasteiger partial charge in [0.05, 0.1) is 12.7 Å². The van der Waals surface area contributed by atoms with Crippen molar-refractivity contribution in [1.82, 2.24) is 0 Å². The lowest BCUT2D eigenvalue weighted by atomic mass is 9.99. The third kappa shape index (κ3) is 3.18. The standard InChI is InChI=1S/C17H16Cl2O2/c18-13-2-1-3-14(19)17(13)15(20)6-4-11-5-7-16-12(10-11)8-9-21-16/h1-3,5,7,10,15,20H,4,6,8-9H2. The summed E-state index contributed by atoms with van der Waals surface area (Å²) >= 11 is 12.2. The second-order valence-electron chi connectivity index (χ2n) is 5.23. The first-order valence-corrected chi connectivity index (χ1v) is 7.77. The molecule has 0 radical (unpaired) electrons. The number of hydrogen-bond acceptors (Lipinski definition) is 2. The highest BCUT2D eigenvalue weighted by Crippen LogP contribution is 2.33. The molecule has 0 bridgehead atoms. The van der Waals surface area contributed by atoms with Gasteiger partial charge in [0, 0.05) is 22.0 Å². The highest BCUT2D eigenvalue weighted by Gasteiger charge is 2.16. The molecule has 1 N–H and O–H groups in total. The molecule has 1 atom stereocenters. The number of fused-ring (bicyclic) bond motifs is 1. The maximum absolute atomic E-state index is 10.3. The Bertz CT molecular complexity index is 635. The Morgan fingerprint density at radius 2 is 1.90 bits per heavy atom. The zero-order valence-corrected chi connectivity index (χ0v) is 13.0. The van der Waals surface area contributed by atoms with Crippen molar-refractivity contribution in [3.63, 3.8) is 0 Å². The minimum atomic E-state index is -0.657. The van der Waals surface area contributed by atoms with Crippen molar-refractivity contribution in [3.05, 3.63) is 63.1 Å². The summed E-state index contributed by atoms with van der Waals surface area (Å²) < 4.78 is 5.50. The van der Waals surface area contributed by atoms with E-state index in [1.807, 2.05) is 12.1 Å². The molecule has 1 unspecified atom stereocenters. The van der Waals surface area contributed by atoms with Gasteiger partial charge in [-0.05, 0) is 42.2 Å². The van der Waals surface area contributed by atoms with E-state index in [0.29, 0.717) is 22.0 Å². The molecule has 0 aliphatic carbocycles. The molecule has 2 nitrogen and oxygen atoms in total. The van der Waals surface area contributed by atoms with Crippen LogP contribution in [0.5, 0.6) is 5.75 Å². The van der Waals surface area contributed by atoms with Gasteiger partial charge in [0.15, 0.2) is 0 Å². The molecule has 0 amide bonds. The molecular formula is C17H16Cl2O2. The van der Waals surface area contributed by atoms with Crippen LogP contribution in [0.3, 0.4) is 0 Å². The van der Waals surface area contributed by atoms with Crippen LogP contribution in [-0.4, -0.2) is 11.7 Å². The first-order valence-electron chi connectivity index (χ1n) is 7.02. The van der Waals surface area contributed by atoms with Crippen molar-refractivity contribution < 1.29 is 9.84 Å². The predicted octanol–water partition coefficient (Wildman–Crippen LogP) is 4.59. The lowest BCUT2D eigenvalue weighted by Gasteiger charge is -2.14. The van der Waals surface area contributed by atoms with Crippen molar-refractivity contribution in [1.29, 1.82) is 0 Å². The Kier molecular flexibility index (Phi) is 4.39. The minimum Gasteiger partial charge on any atom is -0.493 e. The van der Waals surface area contributed by atoms with Crippen molar-refractivity contribution in [2.45, 2.75) is 25.4 Å². The third-order valence-electron chi connectivity index (χ3n) is 3.79. The van der Waals surface area contributed by atoms with E-state index < -0.39 is 6.10 Å². The molecule has 0 saturated heterocycles. The number of rotatable bonds is 4. The van der Waals surface area contributed by atoms with Crippen LogP contribution in [0.1, 0.15) is 29.2 Å². The van der Waals surface area contributed by atoms with Crippen molar-refractivity contribution in [3.8, 4) is 5.75 Å². The molecule has 3 rings (SSSR count). The van der Waals surface area contributed by atoms with Crippen LogP contribution in [0.4, 0.5) is 0 Å². The van der Waals surface area contributed by atoms with Crippen LogP contribution < -0.4 is 4.74 Å². The zero-order valence-electron chi connectivity index (χ0n) is 11.5. The van der Waals surface area contributed by atoms with Gasteiger partial charge in [-0.3, -0.25) is 0 Å². The van der Waals surface area contributed by atoms with Gasteiger partial charge in [0.2, 0.25) is 0 Å². The maximum atomic E-state index is 10.3. The van der Waals surface area contributed by atoms with Crippen LogP contribution in [0, 0.1) is 0 Å². The van der Waals surface area contributed by atoms with E-state index in [9.17, 15) is 5.11 Å². The number of halogens is 2. The number of aryl methyl sites for hydroxylation is 1. The highest BCUT2D eigenvalue weighted by molar-refractivity contribution is 6.36. The molecule has 1 heterocycles. The number of aliphatic hydroxyl groups excluding tert-OH is 1. The number of ether oxygens (including phenoxy) is 1. The summed E-state index contributed by atoms with van der Waals surface area (Å²) in [6, 6.07) is 11.5. The molecule has 1 aliphatic heterocycles. The van der Waals surface area contributed by atoms with Gasteiger partial charge in [-0.1, -0.05) is 41.4 Å². The summed E-state index contributed by atoms with van der Waals surface area (Å²) in [5.74, 6) is 0.980. The summed E-state index contributed by atoms with van der Waals surface area (Å²) in [5, 5.41) is 11.4. The van der Waals surface area contributed by atoms with E-state index in [1.54, 1.807) is 18.2 Å². The minimum absolute atomic E-state index is 0.511. The smallest absolute Gasteiger partial charge is 0.122 e. The first kappa shape index (κ1) is 14.7. The van der Waals surface area contributed by atoms with Gasteiger partial charge in [-0.2, -0.15) is 0 Å². The number of hydrogen-bond donors (Lipinski definition) is 1. The van der Waals surface area contributed by atoms with Crippen molar-refractivity contribution >= 4 is 23.2 Å². The Hall–Kier alpha value is -1.22. The fourth-order valence-electron chi connectivity index (χ4n) is 2.67. The second-order valence-corrected chi connectivity index (χ2v) is 6.04. The molecule has 2 aromatic rings. The fraction of sp³-hybridized carbons (Fsp3) is 0.294.